The summed E-state index contributed by atoms with van der Waals surface area (Å²) in [6.45, 7) is 0. The minimum absolute atomic E-state index is 0.0383. The SMILES string of the molecule is Fc1c(F)c(F)c(Oc2ccc(I)cc2)c(F)c1F. The second-order valence-corrected chi connectivity index (χ2v) is 4.70. The summed E-state index contributed by atoms with van der Waals surface area (Å²) < 4.78 is 70.8. The molecular weight excluding hydrogens is 382 g/mol. The molecule has 0 atom stereocenters. The van der Waals surface area contributed by atoms with Gasteiger partial charge in [0.15, 0.2) is 0 Å². The van der Waals surface area contributed by atoms with Gasteiger partial charge in [0, 0.05) is 3.57 Å². The Morgan fingerprint density at radius 2 is 1.11 bits per heavy atom. The molecule has 0 aromatic heterocycles. The number of rotatable bonds is 2. The summed E-state index contributed by atoms with van der Waals surface area (Å²) in [5.74, 6) is -11.7. The normalized spacial score (nSPS) is 10.6. The van der Waals surface area contributed by atoms with Gasteiger partial charge in [-0.25, -0.2) is 13.2 Å². The Bertz CT molecular complexity index is 598. The lowest BCUT2D eigenvalue weighted by Gasteiger charge is -2.09. The summed E-state index contributed by atoms with van der Waals surface area (Å²) in [4.78, 5) is 0. The van der Waals surface area contributed by atoms with E-state index in [4.69, 9.17) is 4.74 Å². The van der Waals surface area contributed by atoms with E-state index in [1.807, 2.05) is 22.6 Å². The van der Waals surface area contributed by atoms with Crippen LogP contribution in [0.3, 0.4) is 0 Å². The van der Waals surface area contributed by atoms with Gasteiger partial charge in [-0.2, -0.15) is 8.78 Å². The molecule has 0 bridgehead atoms. The molecule has 1 nitrogen and oxygen atoms in total. The Morgan fingerprint density at radius 3 is 1.58 bits per heavy atom. The molecule has 0 unspecified atom stereocenters. The lowest BCUT2D eigenvalue weighted by molar-refractivity contribution is 0.332. The number of hydrogen-bond acceptors (Lipinski definition) is 1. The smallest absolute Gasteiger partial charge is 0.207 e. The van der Waals surface area contributed by atoms with Gasteiger partial charge in [0.2, 0.25) is 34.8 Å². The molecule has 7 heteroatoms. The van der Waals surface area contributed by atoms with E-state index >= 15 is 0 Å². The molecule has 2 aromatic rings. The number of halogens is 6. The van der Waals surface area contributed by atoms with Crippen molar-refractivity contribution in [3.63, 3.8) is 0 Å². The highest BCUT2D eigenvalue weighted by Crippen LogP contribution is 2.32. The Kier molecular flexibility index (Phi) is 3.93. The van der Waals surface area contributed by atoms with E-state index in [-0.39, 0.29) is 5.75 Å². The van der Waals surface area contributed by atoms with E-state index in [1.54, 1.807) is 12.1 Å². The van der Waals surface area contributed by atoms with Gasteiger partial charge in [-0.15, -0.1) is 0 Å². The van der Waals surface area contributed by atoms with Crippen LogP contribution < -0.4 is 4.74 Å². The van der Waals surface area contributed by atoms with Crippen molar-refractivity contribution in [2.24, 2.45) is 0 Å². The van der Waals surface area contributed by atoms with Crippen LogP contribution in [-0.2, 0) is 0 Å². The van der Waals surface area contributed by atoms with E-state index < -0.39 is 34.8 Å². The fraction of sp³-hybridized carbons (Fsp3) is 0. The van der Waals surface area contributed by atoms with Gasteiger partial charge in [0.05, 0.1) is 0 Å². The monoisotopic (exact) mass is 386 g/mol. The van der Waals surface area contributed by atoms with Crippen LogP contribution in [0.25, 0.3) is 0 Å². The van der Waals surface area contributed by atoms with Crippen LogP contribution in [0, 0.1) is 32.7 Å². The Morgan fingerprint density at radius 1 is 0.684 bits per heavy atom. The molecule has 0 heterocycles. The van der Waals surface area contributed by atoms with Crippen LogP contribution in [0.4, 0.5) is 22.0 Å². The highest BCUT2D eigenvalue weighted by molar-refractivity contribution is 14.1. The van der Waals surface area contributed by atoms with E-state index in [1.165, 1.54) is 12.1 Å². The molecule has 0 radical (unpaired) electrons. The maximum Gasteiger partial charge on any atom is 0.207 e. The fourth-order valence-corrected chi connectivity index (χ4v) is 1.65. The second-order valence-electron chi connectivity index (χ2n) is 3.46. The summed E-state index contributed by atoms with van der Waals surface area (Å²) in [5.41, 5.74) is 0. The molecular formula is C12H4F5IO. The average Bonchev–Trinajstić information content (AvgIpc) is 2.41. The minimum Gasteiger partial charge on any atom is -0.451 e. The van der Waals surface area contributed by atoms with Crippen molar-refractivity contribution in [2.75, 3.05) is 0 Å². The molecule has 0 N–H and O–H groups in total. The molecule has 0 saturated heterocycles. The maximum absolute atomic E-state index is 13.3. The summed E-state index contributed by atoms with van der Waals surface area (Å²) in [6, 6.07) is 5.81. The number of hydrogen-bond donors (Lipinski definition) is 0. The van der Waals surface area contributed by atoms with E-state index in [9.17, 15) is 22.0 Å². The Hall–Kier alpha value is -1.38. The lowest BCUT2D eigenvalue weighted by atomic mass is 10.2. The van der Waals surface area contributed by atoms with Gasteiger partial charge >= 0.3 is 0 Å². The third-order valence-corrected chi connectivity index (χ3v) is 2.92. The third-order valence-electron chi connectivity index (χ3n) is 2.20. The van der Waals surface area contributed by atoms with Crippen LogP contribution in [0.2, 0.25) is 0 Å². The van der Waals surface area contributed by atoms with Gasteiger partial charge in [0.25, 0.3) is 0 Å². The molecule has 0 spiro atoms. The van der Waals surface area contributed by atoms with Crippen molar-refractivity contribution >= 4 is 22.6 Å². The number of ether oxygens (including phenoxy) is 1. The van der Waals surface area contributed by atoms with E-state index in [2.05, 4.69) is 0 Å². The second kappa shape index (κ2) is 5.32. The van der Waals surface area contributed by atoms with Crippen molar-refractivity contribution in [1.29, 1.82) is 0 Å². The van der Waals surface area contributed by atoms with Gasteiger partial charge in [-0.3, -0.25) is 0 Å². The Labute approximate surface area is 118 Å². The van der Waals surface area contributed by atoms with Crippen LogP contribution >= 0.6 is 22.6 Å². The summed E-state index contributed by atoms with van der Waals surface area (Å²) in [5, 5.41) is 0. The largest absolute Gasteiger partial charge is 0.451 e. The predicted octanol–water partition coefficient (Wildman–Crippen LogP) is 4.78. The lowest BCUT2D eigenvalue weighted by Crippen LogP contribution is -2.04. The van der Waals surface area contributed by atoms with Gasteiger partial charge in [0.1, 0.15) is 5.75 Å². The van der Waals surface area contributed by atoms with Crippen LogP contribution in [0.15, 0.2) is 24.3 Å². The first-order valence-corrected chi connectivity index (χ1v) is 5.94. The van der Waals surface area contributed by atoms with E-state index in [0.29, 0.717) is 0 Å². The van der Waals surface area contributed by atoms with Crippen molar-refractivity contribution in [3.05, 3.63) is 56.9 Å². The van der Waals surface area contributed by atoms with Gasteiger partial charge < -0.3 is 4.74 Å². The summed E-state index contributed by atoms with van der Waals surface area (Å²) in [6.07, 6.45) is 0. The molecule has 0 aliphatic heterocycles. The topological polar surface area (TPSA) is 9.23 Å². The molecule has 2 aromatic carbocycles. The molecule has 0 aliphatic carbocycles. The van der Waals surface area contributed by atoms with Gasteiger partial charge in [-0.05, 0) is 46.9 Å². The average molecular weight is 386 g/mol. The quantitative estimate of drug-likeness (QED) is 0.313. The van der Waals surface area contributed by atoms with Gasteiger partial charge in [-0.1, -0.05) is 0 Å². The molecule has 0 saturated carbocycles. The molecule has 0 fully saturated rings. The van der Waals surface area contributed by atoms with Crippen molar-refractivity contribution in [3.8, 4) is 11.5 Å². The standard InChI is InChI=1S/C12H4F5IO/c13-7-8(14)10(16)12(11(17)9(7)15)19-6-3-1-5(18)2-4-6/h1-4H. The molecule has 0 aliphatic rings. The zero-order chi connectivity index (χ0) is 14.2. The van der Waals surface area contributed by atoms with Crippen LogP contribution in [0.5, 0.6) is 11.5 Å². The zero-order valence-electron chi connectivity index (χ0n) is 8.99. The first kappa shape index (κ1) is 14.0. The highest BCUT2D eigenvalue weighted by Gasteiger charge is 2.27. The van der Waals surface area contributed by atoms with Crippen LogP contribution in [0.1, 0.15) is 0 Å². The molecule has 2 rings (SSSR count). The first-order chi connectivity index (χ1) is 8.91. The van der Waals surface area contributed by atoms with Crippen molar-refractivity contribution in [2.45, 2.75) is 0 Å². The number of benzene rings is 2. The molecule has 19 heavy (non-hydrogen) atoms. The summed E-state index contributed by atoms with van der Waals surface area (Å²) in [7, 11) is 0. The van der Waals surface area contributed by atoms with E-state index in [0.717, 1.165) is 3.57 Å². The minimum atomic E-state index is -2.22. The molecule has 0 amide bonds. The van der Waals surface area contributed by atoms with Crippen molar-refractivity contribution < 1.29 is 26.7 Å². The fourth-order valence-electron chi connectivity index (χ4n) is 1.29. The predicted molar refractivity (Wildman–Crippen MR) is 65.5 cm³/mol. The molecule has 100 valence electrons. The third kappa shape index (κ3) is 2.65. The highest BCUT2D eigenvalue weighted by atomic mass is 127. The first-order valence-electron chi connectivity index (χ1n) is 4.86. The van der Waals surface area contributed by atoms with Crippen molar-refractivity contribution in [1.82, 2.24) is 0 Å². The maximum atomic E-state index is 13.3. The summed E-state index contributed by atoms with van der Waals surface area (Å²) >= 11 is 1.98. The zero-order valence-corrected chi connectivity index (χ0v) is 11.1. The van der Waals surface area contributed by atoms with Crippen LogP contribution in [-0.4, -0.2) is 0 Å². The Balaban J connectivity index is 2.48.